The molecule has 0 spiro atoms. The normalized spacial score (nSPS) is 10.6. The molecule has 0 bridgehead atoms. The van der Waals surface area contributed by atoms with Crippen molar-refractivity contribution in [3.8, 4) is 0 Å². The van der Waals surface area contributed by atoms with E-state index in [4.69, 9.17) is 4.74 Å². The van der Waals surface area contributed by atoms with Gasteiger partial charge >= 0.3 is 0 Å². The first-order valence-electron chi connectivity index (χ1n) is 5.52. The van der Waals surface area contributed by atoms with Gasteiger partial charge in [-0.05, 0) is 19.1 Å². The number of carbonyl (C=O) groups is 1. The third-order valence-corrected chi connectivity index (χ3v) is 3.17. The smallest absolute Gasteiger partial charge is 0.228 e. The quantitative estimate of drug-likeness (QED) is 0.830. The monoisotopic (exact) mass is 250 g/mol. The van der Waals surface area contributed by atoms with Crippen molar-refractivity contribution in [3.63, 3.8) is 0 Å². The van der Waals surface area contributed by atoms with E-state index in [1.165, 1.54) is 11.3 Å². The Hall–Kier alpha value is -1.46. The minimum absolute atomic E-state index is 0.0579. The number of nitrogens with zero attached hydrogens (tertiary/aromatic N) is 1. The molecule has 1 N–H and O–H groups in total. The van der Waals surface area contributed by atoms with Crippen molar-refractivity contribution in [3.05, 3.63) is 24.3 Å². The van der Waals surface area contributed by atoms with E-state index in [-0.39, 0.29) is 5.91 Å². The second kappa shape index (κ2) is 5.75. The van der Waals surface area contributed by atoms with E-state index < -0.39 is 0 Å². The highest BCUT2D eigenvalue weighted by Gasteiger charge is 2.06. The number of rotatable bonds is 5. The largest absolute Gasteiger partial charge is 0.381 e. The van der Waals surface area contributed by atoms with Crippen LogP contribution in [0.15, 0.2) is 24.3 Å². The Morgan fingerprint density at radius 2 is 2.29 bits per heavy atom. The van der Waals surface area contributed by atoms with Crippen molar-refractivity contribution in [2.45, 2.75) is 13.3 Å². The van der Waals surface area contributed by atoms with E-state index in [9.17, 15) is 4.79 Å². The number of amides is 1. The van der Waals surface area contributed by atoms with Gasteiger partial charge in [0, 0.05) is 6.61 Å². The first-order chi connectivity index (χ1) is 8.29. The van der Waals surface area contributed by atoms with E-state index in [2.05, 4.69) is 10.3 Å². The fourth-order valence-electron chi connectivity index (χ4n) is 1.42. The molecule has 1 aromatic carbocycles. The zero-order valence-electron chi connectivity index (χ0n) is 9.60. The van der Waals surface area contributed by atoms with E-state index in [0.717, 1.165) is 10.2 Å². The number of aromatic nitrogens is 1. The molecule has 2 aromatic rings. The molecule has 0 atom stereocenters. The number of carbonyl (C=O) groups excluding carboxylic acids is 1. The number of fused-ring (bicyclic) bond motifs is 1. The van der Waals surface area contributed by atoms with Crippen LogP contribution in [-0.4, -0.2) is 24.1 Å². The van der Waals surface area contributed by atoms with E-state index in [0.29, 0.717) is 24.8 Å². The van der Waals surface area contributed by atoms with Crippen molar-refractivity contribution in [1.82, 2.24) is 4.98 Å². The van der Waals surface area contributed by atoms with Gasteiger partial charge in [0.25, 0.3) is 0 Å². The lowest BCUT2D eigenvalue weighted by Gasteiger charge is -2.01. The Morgan fingerprint density at radius 1 is 1.47 bits per heavy atom. The zero-order chi connectivity index (χ0) is 12.1. The second-order valence-corrected chi connectivity index (χ2v) is 4.51. The van der Waals surface area contributed by atoms with Crippen LogP contribution in [0.5, 0.6) is 0 Å². The standard InChI is InChI=1S/C12H14N2O2S/c1-2-16-8-7-11(15)14-12-13-9-5-3-4-6-10(9)17-12/h3-6H,2,7-8H2,1H3,(H,13,14,15). The van der Waals surface area contributed by atoms with Gasteiger partial charge in [0.1, 0.15) is 0 Å². The number of para-hydroxylation sites is 1. The molecule has 4 nitrogen and oxygen atoms in total. The molecule has 0 unspecified atom stereocenters. The molecular weight excluding hydrogens is 236 g/mol. The molecule has 5 heteroatoms. The van der Waals surface area contributed by atoms with Gasteiger partial charge in [-0.2, -0.15) is 0 Å². The van der Waals surface area contributed by atoms with Gasteiger partial charge in [-0.3, -0.25) is 4.79 Å². The van der Waals surface area contributed by atoms with Crippen molar-refractivity contribution in [1.29, 1.82) is 0 Å². The van der Waals surface area contributed by atoms with Crippen molar-refractivity contribution < 1.29 is 9.53 Å². The highest BCUT2D eigenvalue weighted by Crippen LogP contribution is 2.25. The Labute approximate surface area is 104 Å². The first-order valence-corrected chi connectivity index (χ1v) is 6.34. The maximum atomic E-state index is 11.5. The van der Waals surface area contributed by atoms with E-state index in [1.54, 1.807) is 0 Å². The van der Waals surface area contributed by atoms with Crippen LogP contribution in [0, 0.1) is 0 Å². The van der Waals surface area contributed by atoms with Crippen LogP contribution in [0.4, 0.5) is 5.13 Å². The molecule has 0 radical (unpaired) electrons. The minimum atomic E-state index is -0.0579. The molecule has 1 amide bonds. The van der Waals surface area contributed by atoms with E-state index >= 15 is 0 Å². The van der Waals surface area contributed by atoms with Gasteiger partial charge in [-0.25, -0.2) is 4.98 Å². The predicted molar refractivity (Wildman–Crippen MR) is 69.4 cm³/mol. The highest BCUT2D eigenvalue weighted by molar-refractivity contribution is 7.22. The van der Waals surface area contributed by atoms with Crippen LogP contribution < -0.4 is 5.32 Å². The number of benzene rings is 1. The van der Waals surface area contributed by atoms with Gasteiger partial charge in [0.2, 0.25) is 5.91 Å². The molecule has 2 rings (SSSR count). The van der Waals surface area contributed by atoms with Crippen molar-refractivity contribution in [2.75, 3.05) is 18.5 Å². The average Bonchev–Trinajstić information content (AvgIpc) is 2.71. The predicted octanol–water partition coefficient (Wildman–Crippen LogP) is 2.66. The van der Waals surface area contributed by atoms with Crippen molar-refractivity contribution in [2.24, 2.45) is 0 Å². The first kappa shape index (κ1) is 12.0. The third kappa shape index (κ3) is 3.25. The average molecular weight is 250 g/mol. The van der Waals surface area contributed by atoms with Crippen molar-refractivity contribution >= 4 is 32.6 Å². The summed E-state index contributed by atoms with van der Waals surface area (Å²) in [7, 11) is 0. The van der Waals surface area contributed by atoms with Gasteiger partial charge in [-0.1, -0.05) is 23.5 Å². The van der Waals surface area contributed by atoms with Crippen LogP contribution in [0.3, 0.4) is 0 Å². The van der Waals surface area contributed by atoms with Crippen LogP contribution in [0.25, 0.3) is 10.2 Å². The molecule has 17 heavy (non-hydrogen) atoms. The Morgan fingerprint density at radius 3 is 3.06 bits per heavy atom. The Balaban J connectivity index is 1.96. The van der Waals surface area contributed by atoms with Gasteiger partial charge in [0.15, 0.2) is 5.13 Å². The molecule has 0 aliphatic rings. The summed E-state index contributed by atoms with van der Waals surface area (Å²) in [6.45, 7) is 2.99. The highest BCUT2D eigenvalue weighted by atomic mass is 32.1. The second-order valence-electron chi connectivity index (χ2n) is 3.48. The van der Waals surface area contributed by atoms with Crippen LogP contribution in [0.2, 0.25) is 0 Å². The lowest BCUT2D eigenvalue weighted by Crippen LogP contribution is -2.13. The summed E-state index contributed by atoms with van der Waals surface area (Å²) in [5.74, 6) is -0.0579. The number of ether oxygens (including phenoxy) is 1. The number of anilines is 1. The molecule has 0 fully saturated rings. The molecule has 1 aromatic heterocycles. The number of thiazole rings is 1. The summed E-state index contributed by atoms with van der Waals surface area (Å²) in [5.41, 5.74) is 0.914. The lowest BCUT2D eigenvalue weighted by atomic mass is 10.3. The molecule has 90 valence electrons. The molecule has 0 aliphatic heterocycles. The fraction of sp³-hybridized carbons (Fsp3) is 0.333. The zero-order valence-corrected chi connectivity index (χ0v) is 10.4. The molecule has 0 saturated heterocycles. The summed E-state index contributed by atoms with van der Waals surface area (Å²) >= 11 is 1.48. The van der Waals surface area contributed by atoms with Crippen LogP contribution >= 0.6 is 11.3 Å². The molecule has 0 saturated carbocycles. The minimum Gasteiger partial charge on any atom is -0.381 e. The van der Waals surface area contributed by atoms with E-state index in [1.807, 2.05) is 31.2 Å². The van der Waals surface area contributed by atoms with Gasteiger partial charge in [0.05, 0.1) is 23.2 Å². The summed E-state index contributed by atoms with van der Waals surface area (Å²) in [4.78, 5) is 15.9. The summed E-state index contributed by atoms with van der Waals surface area (Å²) in [6, 6.07) is 7.81. The Kier molecular flexibility index (Phi) is 4.06. The number of hydrogen-bond donors (Lipinski definition) is 1. The third-order valence-electron chi connectivity index (χ3n) is 2.22. The fourth-order valence-corrected chi connectivity index (χ4v) is 2.30. The Bertz CT molecular complexity index is 477. The van der Waals surface area contributed by atoms with Crippen LogP contribution in [-0.2, 0) is 9.53 Å². The van der Waals surface area contributed by atoms with Crippen LogP contribution in [0.1, 0.15) is 13.3 Å². The maximum Gasteiger partial charge on any atom is 0.228 e. The van der Waals surface area contributed by atoms with Gasteiger partial charge in [-0.15, -0.1) is 0 Å². The molecule has 0 aliphatic carbocycles. The number of hydrogen-bond acceptors (Lipinski definition) is 4. The number of nitrogens with one attached hydrogen (secondary N) is 1. The topological polar surface area (TPSA) is 51.2 Å². The molecule has 1 heterocycles. The lowest BCUT2D eigenvalue weighted by molar-refractivity contribution is -0.117. The molecular formula is C12H14N2O2S. The maximum absolute atomic E-state index is 11.5. The summed E-state index contributed by atoms with van der Waals surface area (Å²) < 4.78 is 6.20. The summed E-state index contributed by atoms with van der Waals surface area (Å²) in [5, 5.41) is 3.42. The summed E-state index contributed by atoms with van der Waals surface area (Å²) in [6.07, 6.45) is 0.365. The SMILES string of the molecule is CCOCCC(=O)Nc1nc2ccccc2s1. The van der Waals surface area contributed by atoms with Gasteiger partial charge < -0.3 is 10.1 Å².